The minimum absolute atomic E-state index is 0.111. The lowest BCUT2D eigenvalue weighted by Gasteiger charge is -2.39. The fraction of sp³-hybridized carbons (Fsp3) is 0.300. The van der Waals surface area contributed by atoms with Gasteiger partial charge in [-0.3, -0.25) is 0 Å². The normalized spacial score (nSPS) is 16.2. The summed E-state index contributed by atoms with van der Waals surface area (Å²) in [5, 5.41) is 8.79. The summed E-state index contributed by atoms with van der Waals surface area (Å²) in [6, 6.07) is 6.66. The number of nitrogens with zero attached hydrogens (tertiary/aromatic N) is 2. The summed E-state index contributed by atoms with van der Waals surface area (Å²) in [6.07, 6.45) is 0. The molecule has 0 atom stereocenters. The van der Waals surface area contributed by atoms with Crippen LogP contribution in [0.3, 0.4) is 0 Å². The molecule has 1 saturated heterocycles. The van der Waals surface area contributed by atoms with Gasteiger partial charge in [-0.1, -0.05) is 6.07 Å². The van der Waals surface area contributed by atoms with Crippen LogP contribution < -0.4 is 10.6 Å². The van der Waals surface area contributed by atoms with Gasteiger partial charge in [-0.15, -0.1) is 0 Å². The van der Waals surface area contributed by atoms with E-state index in [9.17, 15) is 4.39 Å². The molecule has 0 aromatic heterocycles. The lowest BCUT2D eigenvalue weighted by atomic mass is 10.1. The topological polar surface area (TPSA) is 53.0 Å². The number of rotatable bonds is 1. The summed E-state index contributed by atoms with van der Waals surface area (Å²) >= 11 is 0. The quantitative estimate of drug-likeness (QED) is 0.715. The van der Waals surface area contributed by atoms with Gasteiger partial charge < -0.3 is 10.6 Å². The van der Waals surface area contributed by atoms with Crippen molar-refractivity contribution in [1.82, 2.24) is 0 Å². The number of benzene rings is 1. The first-order valence-electron chi connectivity index (χ1n) is 4.41. The standard InChI is InChI=1S/C10H10FN3/c11-9-2-1-3-10(8(9)4-12)14-5-7(13)6-14/h1-3,7H,5-6,13H2. The molecule has 0 amide bonds. The van der Waals surface area contributed by atoms with Gasteiger partial charge in [0.2, 0.25) is 0 Å². The van der Waals surface area contributed by atoms with E-state index in [-0.39, 0.29) is 11.6 Å². The second kappa shape index (κ2) is 3.28. The van der Waals surface area contributed by atoms with Crippen LogP contribution in [0.5, 0.6) is 0 Å². The maximum absolute atomic E-state index is 13.2. The van der Waals surface area contributed by atoms with Crippen LogP contribution in [0.25, 0.3) is 0 Å². The monoisotopic (exact) mass is 191 g/mol. The van der Waals surface area contributed by atoms with Crippen molar-refractivity contribution in [3.63, 3.8) is 0 Å². The lowest BCUT2D eigenvalue weighted by Crippen LogP contribution is -2.56. The summed E-state index contributed by atoms with van der Waals surface area (Å²) in [5.41, 5.74) is 6.38. The summed E-state index contributed by atoms with van der Waals surface area (Å²) < 4.78 is 13.2. The molecule has 1 fully saturated rings. The third-order valence-electron chi connectivity index (χ3n) is 2.35. The highest BCUT2D eigenvalue weighted by molar-refractivity contribution is 5.61. The first-order chi connectivity index (χ1) is 6.72. The van der Waals surface area contributed by atoms with Gasteiger partial charge in [-0.05, 0) is 12.1 Å². The molecule has 1 aromatic rings. The molecule has 2 rings (SSSR count). The van der Waals surface area contributed by atoms with E-state index >= 15 is 0 Å². The Morgan fingerprint density at radius 2 is 2.21 bits per heavy atom. The number of nitriles is 1. The van der Waals surface area contributed by atoms with Crippen molar-refractivity contribution in [1.29, 1.82) is 5.26 Å². The van der Waals surface area contributed by atoms with E-state index in [1.165, 1.54) is 6.07 Å². The third kappa shape index (κ3) is 1.32. The minimum atomic E-state index is -0.467. The number of anilines is 1. The van der Waals surface area contributed by atoms with E-state index < -0.39 is 5.82 Å². The molecule has 1 aliphatic rings. The minimum Gasteiger partial charge on any atom is -0.367 e. The van der Waals surface area contributed by atoms with Gasteiger partial charge >= 0.3 is 0 Å². The van der Waals surface area contributed by atoms with Gasteiger partial charge in [-0.25, -0.2) is 4.39 Å². The van der Waals surface area contributed by atoms with Gasteiger partial charge in [0.25, 0.3) is 0 Å². The van der Waals surface area contributed by atoms with Gasteiger partial charge in [0.1, 0.15) is 17.4 Å². The molecule has 14 heavy (non-hydrogen) atoms. The van der Waals surface area contributed by atoms with Crippen molar-refractivity contribution in [3.8, 4) is 6.07 Å². The van der Waals surface area contributed by atoms with Gasteiger partial charge in [0.15, 0.2) is 0 Å². The van der Waals surface area contributed by atoms with E-state index in [2.05, 4.69) is 0 Å². The van der Waals surface area contributed by atoms with Crippen LogP contribution in [-0.2, 0) is 0 Å². The van der Waals surface area contributed by atoms with Crippen molar-refractivity contribution in [2.75, 3.05) is 18.0 Å². The van der Waals surface area contributed by atoms with Crippen LogP contribution in [0, 0.1) is 17.1 Å². The van der Waals surface area contributed by atoms with Crippen molar-refractivity contribution >= 4 is 5.69 Å². The Morgan fingerprint density at radius 3 is 2.79 bits per heavy atom. The van der Waals surface area contributed by atoms with Crippen molar-refractivity contribution in [2.24, 2.45) is 5.73 Å². The van der Waals surface area contributed by atoms with Crippen LogP contribution in [0.2, 0.25) is 0 Å². The van der Waals surface area contributed by atoms with Crippen LogP contribution in [-0.4, -0.2) is 19.1 Å². The van der Waals surface area contributed by atoms with Crippen molar-refractivity contribution < 1.29 is 4.39 Å². The molecule has 1 heterocycles. The molecule has 3 nitrogen and oxygen atoms in total. The van der Waals surface area contributed by atoms with Crippen molar-refractivity contribution in [2.45, 2.75) is 6.04 Å². The maximum atomic E-state index is 13.2. The Hall–Kier alpha value is -1.60. The third-order valence-corrected chi connectivity index (χ3v) is 2.35. The average molecular weight is 191 g/mol. The summed E-state index contributed by atoms with van der Waals surface area (Å²) in [7, 11) is 0. The number of nitrogens with two attached hydrogens (primary N) is 1. The molecular weight excluding hydrogens is 181 g/mol. The number of hydrogen-bond donors (Lipinski definition) is 1. The predicted octanol–water partition coefficient (Wildman–Crippen LogP) is 0.845. The first-order valence-corrected chi connectivity index (χ1v) is 4.41. The second-order valence-corrected chi connectivity index (χ2v) is 3.41. The second-order valence-electron chi connectivity index (χ2n) is 3.41. The Labute approximate surface area is 81.5 Å². The Kier molecular flexibility index (Phi) is 2.10. The zero-order valence-electron chi connectivity index (χ0n) is 7.57. The smallest absolute Gasteiger partial charge is 0.143 e. The van der Waals surface area contributed by atoms with Gasteiger partial charge in [0, 0.05) is 19.1 Å². The molecule has 0 spiro atoms. The highest BCUT2D eigenvalue weighted by Crippen LogP contribution is 2.25. The average Bonchev–Trinajstić information content (AvgIpc) is 2.13. The zero-order chi connectivity index (χ0) is 10.1. The summed E-state index contributed by atoms with van der Waals surface area (Å²) in [6.45, 7) is 1.39. The molecule has 72 valence electrons. The molecule has 0 radical (unpaired) electrons. The van der Waals surface area contributed by atoms with Crippen molar-refractivity contribution in [3.05, 3.63) is 29.6 Å². The van der Waals surface area contributed by atoms with E-state index in [0.717, 1.165) is 0 Å². The summed E-state index contributed by atoms with van der Waals surface area (Å²) in [5.74, 6) is -0.467. The molecule has 1 aromatic carbocycles. The highest BCUT2D eigenvalue weighted by Gasteiger charge is 2.25. The number of hydrogen-bond acceptors (Lipinski definition) is 3. The number of halogens is 1. The van der Waals surface area contributed by atoms with E-state index in [4.69, 9.17) is 11.0 Å². The highest BCUT2D eigenvalue weighted by atomic mass is 19.1. The maximum Gasteiger partial charge on any atom is 0.143 e. The molecule has 0 unspecified atom stereocenters. The zero-order valence-corrected chi connectivity index (χ0v) is 7.57. The van der Waals surface area contributed by atoms with Crippen LogP contribution >= 0.6 is 0 Å². The fourth-order valence-corrected chi connectivity index (χ4v) is 1.60. The molecule has 4 heteroatoms. The summed E-state index contributed by atoms with van der Waals surface area (Å²) in [4.78, 5) is 1.91. The Balaban J connectivity index is 2.34. The fourth-order valence-electron chi connectivity index (χ4n) is 1.60. The van der Waals surface area contributed by atoms with E-state index in [0.29, 0.717) is 18.8 Å². The van der Waals surface area contributed by atoms with Gasteiger partial charge in [0.05, 0.1) is 5.69 Å². The van der Waals surface area contributed by atoms with Crippen LogP contribution in [0.15, 0.2) is 18.2 Å². The molecule has 1 aliphatic heterocycles. The predicted molar refractivity (Wildman–Crippen MR) is 51.3 cm³/mol. The largest absolute Gasteiger partial charge is 0.367 e. The van der Waals surface area contributed by atoms with Crippen LogP contribution in [0.4, 0.5) is 10.1 Å². The molecular formula is C10H10FN3. The van der Waals surface area contributed by atoms with Crippen LogP contribution in [0.1, 0.15) is 5.56 Å². The Morgan fingerprint density at radius 1 is 1.50 bits per heavy atom. The first kappa shape index (κ1) is 8.97. The lowest BCUT2D eigenvalue weighted by molar-refractivity contribution is 0.517. The molecule has 2 N–H and O–H groups in total. The van der Waals surface area contributed by atoms with Gasteiger partial charge in [-0.2, -0.15) is 5.26 Å². The molecule has 0 saturated carbocycles. The Bertz CT molecular complexity index is 391. The molecule has 0 aliphatic carbocycles. The van der Waals surface area contributed by atoms with E-state index in [1.807, 2.05) is 11.0 Å². The SMILES string of the molecule is N#Cc1c(F)cccc1N1CC(N)C1. The van der Waals surface area contributed by atoms with E-state index in [1.54, 1.807) is 12.1 Å². The molecule has 0 bridgehead atoms.